The molecule has 3 N–H and O–H groups in total. The van der Waals surface area contributed by atoms with Crippen LogP contribution in [0.5, 0.6) is 5.75 Å². The Labute approximate surface area is 107 Å². The first kappa shape index (κ1) is 14.5. The zero-order valence-electron chi connectivity index (χ0n) is 10.5. The SMILES string of the molecule is CC(C)S(=O)(=O)CCOc1ccccc1C(=N)N. The topological polar surface area (TPSA) is 93.2 Å². The van der Waals surface area contributed by atoms with Crippen molar-refractivity contribution in [1.82, 2.24) is 0 Å². The van der Waals surface area contributed by atoms with Crippen LogP contribution in [0, 0.1) is 5.41 Å². The van der Waals surface area contributed by atoms with Gasteiger partial charge in [0.05, 0.1) is 16.6 Å². The van der Waals surface area contributed by atoms with Crippen LogP contribution in [-0.2, 0) is 9.84 Å². The zero-order chi connectivity index (χ0) is 13.8. The van der Waals surface area contributed by atoms with Gasteiger partial charge in [-0.2, -0.15) is 0 Å². The van der Waals surface area contributed by atoms with Gasteiger partial charge in [-0.3, -0.25) is 5.41 Å². The highest BCUT2D eigenvalue weighted by Gasteiger charge is 2.16. The molecule has 0 unspecified atom stereocenters. The summed E-state index contributed by atoms with van der Waals surface area (Å²) < 4.78 is 28.6. The molecule has 0 aliphatic heterocycles. The molecule has 0 bridgehead atoms. The van der Waals surface area contributed by atoms with Crippen LogP contribution in [0.4, 0.5) is 0 Å². The number of amidine groups is 1. The van der Waals surface area contributed by atoms with Crippen molar-refractivity contribution in [2.75, 3.05) is 12.4 Å². The van der Waals surface area contributed by atoms with Gasteiger partial charge >= 0.3 is 0 Å². The van der Waals surface area contributed by atoms with E-state index in [9.17, 15) is 8.42 Å². The molecule has 0 aromatic heterocycles. The molecule has 0 aliphatic carbocycles. The molecule has 0 atom stereocenters. The van der Waals surface area contributed by atoms with E-state index in [0.717, 1.165) is 0 Å². The van der Waals surface area contributed by atoms with Crippen molar-refractivity contribution in [1.29, 1.82) is 5.41 Å². The largest absolute Gasteiger partial charge is 0.492 e. The average molecular weight is 270 g/mol. The lowest BCUT2D eigenvalue weighted by atomic mass is 10.2. The van der Waals surface area contributed by atoms with Gasteiger partial charge in [0.25, 0.3) is 0 Å². The third-order valence-electron chi connectivity index (χ3n) is 2.52. The Balaban J connectivity index is 2.68. The lowest BCUT2D eigenvalue weighted by molar-refractivity contribution is 0.340. The van der Waals surface area contributed by atoms with Gasteiger partial charge in [-0.1, -0.05) is 12.1 Å². The van der Waals surface area contributed by atoms with Crippen molar-refractivity contribution >= 4 is 15.7 Å². The molecule has 0 aliphatic rings. The van der Waals surface area contributed by atoms with Crippen molar-refractivity contribution in [2.24, 2.45) is 5.73 Å². The third-order valence-corrected chi connectivity index (χ3v) is 4.69. The number of sulfone groups is 1. The summed E-state index contributed by atoms with van der Waals surface area (Å²) in [4.78, 5) is 0. The van der Waals surface area contributed by atoms with E-state index in [1.165, 1.54) is 0 Å². The van der Waals surface area contributed by atoms with Crippen LogP contribution in [-0.4, -0.2) is 31.9 Å². The fourth-order valence-corrected chi connectivity index (χ4v) is 2.11. The number of nitrogen functional groups attached to an aromatic ring is 1. The fourth-order valence-electron chi connectivity index (χ4n) is 1.32. The first-order valence-corrected chi connectivity index (χ1v) is 7.34. The van der Waals surface area contributed by atoms with Crippen LogP contribution in [0.2, 0.25) is 0 Å². The first-order valence-electron chi connectivity index (χ1n) is 5.62. The highest BCUT2D eigenvalue weighted by Crippen LogP contribution is 2.17. The summed E-state index contributed by atoms with van der Waals surface area (Å²) in [6.45, 7) is 3.34. The quantitative estimate of drug-likeness (QED) is 0.599. The van der Waals surface area contributed by atoms with E-state index in [1.807, 2.05) is 0 Å². The maximum absolute atomic E-state index is 11.6. The number of rotatable bonds is 6. The van der Waals surface area contributed by atoms with Gasteiger partial charge in [-0.05, 0) is 26.0 Å². The Hall–Kier alpha value is -1.56. The first-order chi connectivity index (χ1) is 8.34. The molecule has 1 aromatic carbocycles. The van der Waals surface area contributed by atoms with Gasteiger partial charge in [0.2, 0.25) is 0 Å². The number of hydrogen-bond donors (Lipinski definition) is 2. The third kappa shape index (κ3) is 3.73. The number of para-hydroxylation sites is 1. The van der Waals surface area contributed by atoms with Gasteiger partial charge in [0.15, 0.2) is 9.84 Å². The summed E-state index contributed by atoms with van der Waals surface area (Å²) in [6.07, 6.45) is 0. The predicted molar refractivity (Wildman–Crippen MR) is 71.9 cm³/mol. The average Bonchev–Trinajstić information content (AvgIpc) is 2.29. The second-order valence-electron chi connectivity index (χ2n) is 4.17. The molecular weight excluding hydrogens is 252 g/mol. The molecule has 0 saturated carbocycles. The molecular formula is C12H18N2O3S. The summed E-state index contributed by atoms with van der Waals surface area (Å²) in [6, 6.07) is 6.82. The van der Waals surface area contributed by atoms with Crippen LogP contribution in [0.15, 0.2) is 24.3 Å². The molecule has 1 aromatic rings. The van der Waals surface area contributed by atoms with Crippen LogP contribution in [0.25, 0.3) is 0 Å². The van der Waals surface area contributed by atoms with Gasteiger partial charge in [-0.25, -0.2) is 8.42 Å². The highest BCUT2D eigenvalue weighted by molar-refractivity contribution is 7.91. The molecule has 0 fully saturated rings. The van der Waals surface area contributed by atoms with E-state index in [4.69, 9.17) is 15.9 Å². The van der Waals surface area contributed by atoms with Crippen molar-refractivity contribution in [3.63, 3.8) is 0 Å². The normalized spacial score (nSPS) is 11.5. The van der Waals surface area contributed by atoms with Crippen molar-refractivity contribution in [2.45, 2.75) is 19.1 Å². The molecule has 0 amide bonds. The summed E-state index contributed by atoms with van der Waals surface area (Å²) >= 11 is 0. The molecule has 0 saturated heterocycles. The molecule has 6 heteroatoms. The maximum Gasteiger partial charge on any atom is 0.155 e. The van der Waals surface area contributed by atoms with Crippen molar-refractivity contribution in [3.05, 3.63) is 29.8 Å². The Morgan fingerprint density at radius 3 is 2.56 bits per heavy atom. The molecule has 100 valence electrons. The Morgan fingerprint density at radius 1 is 1.39 bits per heavy atom. The zero-order valence-corrected chi connectivity index (χ0v) is 11.3. The number of nitrogens with one attached hydrogen (secondary N) is 1. The summed E-state index contributed by atoms with van der Waals surface area (Å²) in [5.74, 6) is 0.290. The van der Waals surface area contributed by atoms with E-state index in [2.05, 4.69) is 0 Å². The van der Waals surface area contributed by atoms with Crippen LogP contribution in [0.3, 0.4) is 0 Å². The van der Waals surface area contributed by atoms with Crippen molar-refractivity contribution < 1.29 is 13.2 Å². The Kier molecular flexibility index (Phi) is 4.72. The van der Waals surface area contributed by atoms with Crippen molar-refractivity contribution in [3.8, 4) is 5.75 Å². The van der Waals surface area contributed by atoms with E-state index >= 15 is 0 Å². The number of hydrogen-bond acceptors (Lipinski definition) is 4. The summed E-state index contributed by atoms with van der Waals surface area (Å²) in [5.41, 5.74) is 5.88. The fraction of sp³-hybridized carbons (Fsp3) is 0.417. The van der Waals surface area contributed by atoms with Gasteiger partial charge < -0.3 is 10.5 Å². The van der Waals surface area contributed by atoms with E-state index in [1.54, 1.807) is 38.1 Å². The predicted octanol–water partition coefficient (Wildman–Crippen LogP) is 1.17. The number of benzene rings is 1. The Morgan fingerprint density at radius 2 is 2.00 bits per heavy atom. The minimum atomic E-state index is -3.11. The molecule has 0 heterocycles. The minimum Gasteiger partial charge on any atom is -0.492 e. The second kappa shape index (κ2) is 5.86. The second-order valence-corrected chi connectivity index (χ2v) is 6.85. The highest BCUT2D eigenvalue weighted by atomic mass is 32.2. The van der Waals surface area contributed by atoms with E-state index in [-0.39, 0.29) is 18.2 Å². The van der Waals surface area contributed by atoms with Gasteiger partial charge in [0, 0.05) is 0 Å². The van der Waals surface area contributed by atoms with Crippen LogP contribution >= 0.6 is 0 Å². The summed E-state index contributed by atoms with van der Waals surface area (Å²) in [7, 11) is -3.11. The number of nitrogens with two attached hydrogens (primary N) is 1. The number of ether oxygens (including phenoxy) is 1. The van der Waals surface area contributed by atoms with Gasteiger partial charge in [-0.15, -0.1) is 0 Å². The monoisotopic (exact) mass is 270 g/mol. The molecule has 18 heavy (non-hydrogen) atoms. The molecule has 0 radical (unpaired) electrons. The van der Waals surface area contributed by atoms with E-state index in [0.29, 0.717) is 11.3 Å². The molecule has 5 nitrogen and oxygen atoms in total. The van der Waals surface area contributed by atoms with Crippen LogP contribution in [0.1, 0.15) is 19.4 Å². The smallest absolute Gasteiger partial charge is 0.155 e. The lowest BCUT2D eigenvalue weighted by Crippen LogP contribution is -2.22. The van der Waals surface area contributed by atoms with Gasteiger partial charge in [0.1, 0.15) is 18.2 Å². The Bertz CT molecular complexity index is 524. The standard InChI is InChI=1S/C12H18N2O3S/c1-9(2)18(15,16)8-7-17-11-6-4-3-5-10(11)12(13)14/h3-6,9H,7-8H2,1-2H3,(H3,13,14). The summed E-state index contributed by atoms with van der Waals surface area (Å²) in [5, 5.41) is 6.97. The minimum absolute atomic E-state index is 0.0447. The molecule has 0 spiro atoms. The maximum atomic E-state index is 11.6. The van der Waals surface area contributed by atoms with Crippen LogP contribution < -0.4 is 10.5 Å². The molecule has 1 rings (SSSR count). The lowest BCUT2D eigenvalue weighted by Gasteiger charge is -2.11. The van der Waals surface area contributed by atoms with E-state index < -0.39 is 15.1 Å².